The van der Waals surface area contributed by atoms with Gasteiger partial charge in [0.1, 0.15) is 0 Å². The lowest BCUT2D eigenvalue weighted by atomic mass is 10.1. The summed E-state index contributed by atoms with van der Waals surface area (Å²) >= 11 is 0. The number of rotatable bonds is 5. The Kier molecular flexibility index (Phi) is 5.54. The molecule has 1 atom stereocenters. The minimum absolute atomic E-state index is 0.0305. The Hall–Kier alpha value is -2.32. The molecule has 0 radical (unpaired) electrons. The van der Waals surface area contributed by atoms with E-state index in [0.29, 0.717) is 5.56 Å². The van der Waals surface area contributed by atoms with Crippen LogP contribution in [0.1, 0.15) is 28.9 Å². The van der Waals surface area contributed by atoms with Gasteiger partial charge in [0, 0.05) is 13.1 Å². The summed E-state index contributed by atoms with van der Waals surface area (Å²) in [5.41, 5.74) is 0.536. The summed E-state index contributed by atoms with van der Waals surface area (Å²) < 4.78 is 57.4. The lowest BCUT2D eigenvalue weighted by molar-refractivity contribution is 0.0600. The van der Waals surface area contributed by atoms with Gasteiger partial charge in [-0.25, -0.2) is 22.0 Å². The summed E-state index contributed by atoms with van der Waals surface area (Å²) in [5.74, 6) is -2.62. The largest absolute Gasteiger partial charge is 0.465 e. The maximum atomic E-state index is 13.4. The van der Waals surface area contributed by atoms with E-state index in [4.69, 9.17) is 0 Å². The van der Waals surface area contributed by atoms with Crippen LogP contribution in [0.4, 0.5) is 8.78 Å². The van der Waals surface area contributed by atoms with Gasteiger partial charge in [-0.3, -0.25) is 0 Å². The third-order valence-electron chi connectivity index (χ3n) is 3.92. The quantitative estimate of drug-likeness (QED) is 0.760. The van der Waals surface area contributed by atoms with Crippen molar-refractivity contribution < 1.29 is 26.7 Å². The van der Waals surface area contributed by atoms with Crippen LogP contribution in [0.15, 0.2) is 47.4 Å². The van der Waals surface area contributed by atoms with Gasteiger partial charge in [0.05, 0.1) is 17.6 Å². The highest BCUT2D eigenvalue weighted by Gasteiger charge is 2.27. The first kappa shape index (κ1) is 19.0. The first-order chi connectivity index (χ1) is 11.7. The fourth-order valence-electron chi connectivity index (χ4n) is 2.24. The summed E-state index contributed by atoms with van der Waals surface area (Å²) in [5, 5.41) is 0. The number of sulfonamides is 1. The molecule has 0 aliphatic rings. The Bertz CT molecular complexity index is 882. The van der Waals surface area contributed by atoms with Crippen LogP contribution in [0.2, 0.25) is 0 Å². The number of halogens is 2. The Balaban J connectivity index is 2.31. The zero-order chi connectivity index (χ0) is 18.8. The van der Waals surface area contributed by atoms with Crippen molar-refractivity contribution in [2.45, 2.75) is 17.9 Å². The molecule has 2 aromatic rings. The molecule has 2 rings (SSSR count). The monoisotopic (exact) mass is 369 g/mol. The third-order valence-corrected chi connectivity index (χ3v) is 5.87. The van der Waals surface area contributed by atoms with E-state index in [0.717, 1.165) is 16.4 Å². The van der Waals surface area contributed by atoms with Gasteiger partial charge in [-0.15, -0.1) is 0 Å². The molecule has 0 bridgehead atoms. The first-order valence-electron chi connectivity index (χ1n) is 7.30. The van der Waals surface area contributed by atoms with Gasteiger partial charge in [-0.05, 0) is 48.9 Å². The molecule has 0 spiro atoms. The number of carbonyl (C=O) groups excluding carboxylic acids is 1. The molecule has 0 heterocycles. The maximum absolute atomic E-state index is 13.4. The van der Waals surface area contributed by atoms with Crippen molar-refractivity contribution in [3.05, 3.63) is 65.2 Å². The fraction of sp³-hybridized carbons (Fsp3) is 0.235. The van der Waals surface area contributed by atoms with Gasteiger partial charge >= 0.3 is 5.97 Å². The number of carbonyl (C=O) groups is 1. The van der Waals surface area contributed by atoms with E-state index < -0.39 is 33.7 Å². The van der Waals surface area contributed by atoms with Crippen molar-refractivity contribution in [2.75, 3.05) is 14.2 Å². The van der Waals surface area contributed by atoms with Crippen LogP contribution in [0.25, 0.3) is 0 Å². The average molecular weight is 369 g/mol. The van der Waals surface area contributed by atoms with Gasteiger partial charge in [-0.2, -0.15) is 4.31 Å². The van der Waals surface area contributed by atoms with E-state index in [1.807, 2.05) is 0 Å². The number of esters is 1. The second-order valence-electron chi connectivity index (χ2n) is 5.39. The summed E-state index contributed by atoms with van der Waals surface area (Å²) in [6, 6.07) is 7.78. The highest BCUT2D eigenvalue weighted by Crippen LogP contribution is 2.27. The van der Waals surface area contributed by atoms with Gasteiger partial charge in [0.25, 0.3) is 0 Å². The zero-order valence-corrected chi connectivity index (χ0v) is 14.7. The highest BCUT2D eigenvalue weighted by molar-refractivity contribution is 7.89. The molecule has 5 nitrogen and oxygen atoms in total. The van der Waals surface area contributed by atoms with E-state index >= 15 is 0 Å². The molecular formula is C17H17F2NO4S. The van der Waals surface area contributed by atoms with E-state index in [-0.39, 0.29) is 10.5 Å². The third kappa shape index (κ3) is 3.85. The van der Waals surface area contributed by atoms with E-state index in [1.165, 1.54) is 44.5 Å². The molecule has 134 valence electrons. The summed E-state index contributed by atoms with van der Waals surface area (Å²) in [6.45, 7) is 1.56. The Morgan fingerprint density at radius 3 is 2.20 bits per heavy atom. The molecule has 8 heteroatoms. The average Bonchev–Trinajstić information content (AvgIpc) is 2.62. The fourth-order valence-corrected chi connectivity index (χ4v) is 3.59. The molecule has 0 aliphatic heterocycles. The second-order valence-corrected chi connectivity index (χ2v) is 7.38. The van der Waals surface area contributed by atoms with Crippen LogP contribution in [0.5, 0.6) is 0 Å². The summed E-state index contributed by atoms with van der Waals surface area (Å²) in [6.07, 6.45) is 0. The second kappa shape index (κ2) is 7.28. The highest BCUT2D eigenvalue weighted by atomic mass is 32.2. The molecule has 2 aromatic carbocycles. The molecule has 0 aromatic heterocycles. The van der Waals surface area contributed by atoms with E-state index in [9.17, 15) is 22.0 Å². The van der Waals surface area contributed by atoms with Crippen molar-refractivity contribution in [2.24, 2.45) is 0 Å². The molecule has 0 saturated heterocycles. The number of methoxy groups -OCH3 is 1. The normalized spacial score (nSPS) is 12.9. The van der Waals surface area contributed by atoms with Crippen molar-refractivity contribution in [3.63, 3.8) is 0 Å². The van der Waals surface area contributed by atoms with Crippen molar-refractivity contribution in [1.29, 1.82) is 0 Å². The molecule has 0 amide bonds. The van der Waals surface area contributed by atoms with Crippen LogP contribution in [0, 0.1) is 11.6 Å². The molecule has 1 unspecified atom stereocenters. The number of ether oxygens (including phenoxy) is 1. The summed E-state index contributed by atoms with van der Waals surface area (Å²) in [7, 11) is -1.32. The molecule has 0 N–H and O–H groups in total. The van der Waals surface area contributed by atoms with Gasteiger partial charge < -0.3 is 4.74 Å². The van der Waals surface area contributed by atoms with Gasteiger partial charge in [0.2, 0.25) is 10.0 Å². The topological polar surface area (TPSA) is 63.7 Å². The summed E-state index contributed by atoms with van der Waals surface area (Å²) in [4.78, 5) is 11.4. The maximum Gasteiger partial charge on any atom is 0.337 e. The minimum Gasteiger partial charge on any atom is -0.465 e. The van der Waals surface area contributed by atoms with Crippen LogP contribution in [-0.2, 0) is 14.8 Å². The van der Waals surface area contributed by atoms with Crippen LogP contribution in [-0.4, -0.2) is 32.8 Å². The Labute approximate surface area is 144 Å². The molecule has 0 aliphatic carbocycles. The molecule has 0 fully saturated rings. The predicted octanol–water partition coefficient (Wildman–Crippen LogP) is 3.13. The SMILES string of the molecule is COC(=O)c1ccc(S(=O)(=O)N(C)C(C)c2ccc(F)c(F)c2)cc1. The Morgan fingerprint density at radius 1 is 1.08 bits per heavy atom. The number of nitrogens with zero attached hydrogens (tertiary/aromatic N) is 1. The van der Waals surface area contributed by atoms with Crippen molar-refractivity contribution >= 4 is 16.0 Å². The smallest absolute Gasteiger partial charge is 0.337 e. The van der Waals surface area contributed by atoms with Crippen LogP contribution in [0.3, 0.4) is 0 Å². The zero-order valence-electron chi connectivity index (χ0n) is 13.9. The standard InChI is InChI=1S/C17H17F2NO4S/c1-11(13-6-9-15(18)16(19)10-13)20(2)25(22,23)14-7-4-12(5-8-14)17(21)24-3/h4-11H,1-3H3. The van der Waals surface area contributed by atoms with E-state index in [1.54, 1.807) is 6.92 Å². The number of benzene rings is 2. The Morgan fingerprint density at radius 2 is 1.68 bits per heavy atom. The molecular weight excluding hydrogens is 352 g/mol. The van der Waals surface area contributed by atoms with E-state index in [2.05, 4.69) is 4.74 Å². The molecule has 0 saturated carbocycles. The minimum atomic E-state index is -3.89. The van der Waals surface area contributed by atoms with Crippen molar-refractivity contribution in [3.8, 4) is 0 Å². The number of hydrogen-bond donors (Lipinski definition) is 0. The van der Waals surface area contributed by atoms with Crippen LogP contribution >= 0.6 is 0 Å². The first-order valence-corrected chi connectivity index (χ1v) is 8.74. The van der Waals surface area contributed by atoms with Crippen LogP contribution < -0.4 is 0 Å². The van der Waals surface area contributed by atoms with Crippen molar-refractivity contribution in [1.82, 2.24) is 4.31 Å². The van der Waals surface area contributed by atoms with Gasteiger partial charge in [0.15, 0.2) is 11.6 Å². The molecule has 25 heavy (non-hydrogen) atoms. The lowest BCUT2D eigenvalue weighted by Gasteiger charge is -2.25. The van der Waals surface area contributed by atoms with Gasteiger partial charge in [-0.1, -0.05) is 6.07 Å². The number of hydrogen-bond acceptors (Lipinski definition) is 4. The predicted molar refractivity (Wildman–Crippen MR) is 87.5 cm³/mol. The lowest BCUT2D eigenvalue weighted by Crippen LogP contribution is -2.30.